The minimum absolute atomic E-state index is 0.00580. The second-order valence-electron chi connectivity index (χ2n) is 6.95. The lowest BCUT2D eigenvalue weighted by atomic mass is 9.98. The van der Waals surface area contributed by atoms with Gasteiger partial charge in [0, 0.05) is 18.1 Å². The van der Waals surface area contributed by atoms with E-state index in [-0.39, 0.29) is 26.1 Å². The van der Waals surface area contributed by atoms with Crippen molar-refractivity contribution in [2.45, 2.75) is 17.7 Å². The highest BCUT2D eigenvalue weighted by Gasteiger charge is 2.37. The molecule has 0 bridgehead atoms. The van der Waals surface area contributed by atoms with Crippen LogP contribution in [0.15, 0.2) is 59.5 Å². The largest absolute Gasteiger partial charge is 0.481 e. The van der Waals surface area contributed by atoms with Crippen molar-refractivity contribution in [1.82, 2.24) is 9.21 Å². The van der Waals surface area contributed by atoms with Crippen LogP contribution >= 0.6 is 11.6 Å². The molecule has 7 nitrogen and oxygen atoms in total. The summed E-state index contributed by atoms with van der Waals surface area (Å²) in [4.78, 5) is 38.7. The lowest BCUT2D eigenvalue weighted by molar-refractivity contribution is -0.138. The van der Waals surface area contributed by atoms with E-state index in [0.29, 0.717) is 16.3 Å². The van der Waals surface area contributed by atoms with E-state index in [1.165, 1.54) is 4.90 Å². The van der Waals surface area contributed by atoms with Crippen LogP contribution in [0.2, 0.25) is 5.02 Å². The number of hydrogen-bond donors (Lipinski definition) is 1. The van der Waals surface area contributed by atoms with Crippen LogP contribution in [0.1, 0.15) is 12.0 Å². The number of carbonyl (C=O) groups is 3. The highest BCUT2D eigenvalue weighted by Crippen LogP contribution is 2.22. The molecule has 1 aliphatic rings. The van der Waals surface area contributed by atoms with Gasteiger partial charge in [-0.25, -0.2) is 8.51 Å². The summed E-state index contributed by atoms with van der Waals surface area (Å²) in [6.45, 7) is -0.304. The Balaban J connectivity index is 1.89. The quantitative estimate of drug-likeness (QED) is 0.701. The zero-order chi connectivity index (χ0) is 21.7. The molecule has 2 aromatic carbocycles. The Hall–Kier alpha value is -2.71. The van der Waals surface area contributed by atoms with Crippen LogP contribution in [-0.4, -0.2) is 55.9 Å². The number of carboxylic acid groups (broad SMARTS) is 1. The van der Waals surface area contributed by atoms with Crippen molar-refractivity contribution in [1.29, 1.82) is 0 Å². The van der Waals surface area contributed by atoms with Crippen molar-refractivity contribution >= 4 is 40.4 Å². The summed E-state index contributed by atoms with van der Waals surface area (Å²) in [5, 5.41) is 9.46. The number of aliphatic carboxylic acids is 1. The van der Waals surface area contributed by atoms with Crippen molar-refractivity contribution in [2.75, 3.05) is 19.6 Å². The molecule has 9 heteroatoms. The molecule has 2 unspecified atom stereocenters. The Morgan fingerprint density at radius 3 is 2.40 bits per heavy atom. The molecule has 1 aliphatic heterocycles. The first-order valence-electron chi connectivity index (χ1n) is 9.37. The van der Waals surface area contributed by atoms with Gasteiger partial charge in [0.15, 0.2) is 11.0 Å². The van der Waals surface area contributed by atoms with E-state index < -0.39 is 34.7 Å². The molecular formula is C21H21ClN2O5S. The molecule has 2 amide bonds. The van der Waals surface area contributed by atoms with Gasteiger partial charge in [-0.3, -0.25) is 14.4 Å². The van der Waals surface area contributed by atoms with Gasteiger partial charge in [-0.15, -0.1) is 0 Å². The number of hydrogen-bond acceptors (Lipinski definition) is 4. The van der Waals surface area contributed by atoms with E-state index in [2.05, 4.69) is 0 Å². The summed E-state index contributed by atoms with van der Waals surface area (Å²) in [7, 11) is -1.89. The average Bonchev–Trinajstić information content (AvgIpc) is 2.84. The predicted molar refractivity (Wildman–Crippen MR) is 112 cm³/mol. The Bertz CT molecular complexity index is 952. The number of amides is 2. The van der Waals surface area contributed by atoms with Gasteiger partial charge in [-0.05, 0) is 36.2 Å². The first-order valence-corrected chi connectivity index (χ1v) is 10.9. The fraction of sp³-hybridized carbons (Fsp3) is 0.286. The monoisotopic (exact) mass is 448 g/mol. The fourth-order valence-corrected chi connectivity index (χ4v) is 4.56. The molecular weight excluding hydrogens is 428 g/mol. The van der Waals surface area contributed by atoms with Gasteiger partial charge in [0.25, 0.3) is 0 Å². The van der Waals surface area contributed by atoms with Gasteiger partial charge in [-0.2, -0.15) is 0 Å². The number of nitrogens with zero attached hydrogens (tertiary/aromatic N) is 2. The third kappa shape index (κ3) is 5.46. The smallest absolute Gasteiger partial charge is 0.305 e. The van der Waals surface area contributed by atoms with Gasteiger partial charge >= 0.3 is 5.97 Å². The standard InChI is InChI=1S/C21H21ClN2O5S/c22-17-6-8-18(9-7-17)30(29)24-14-19(25)23(11-10-20(26)27)13-16(21(24)28)12-15-4-2-1-3-5-15/h1-9,16H,10-14H2,(H,26,27). The fourth-order valence-electron chi connectivity index (χ4n) is 3.27. The molecule has 2 atom stereocenters. The van der Waals surface area contributed by atoms with Crippen LogP contribution in [0.4, 0.5) is 0 Å². The summed E-state index contributed by atoms with van der Waals surface area (Å²) in [5.41, 5.74) is 0.903. The van der Waals surface area contributed by atoms with Crippen LogP contribution in [0.25, 0.3) is 0 Å². The zero-order valence-corrected chi connectivity index (χ0v) is 17.6. The highest BCUT2D eigenvalue weighted by atomic mass is 35.5. The maximum Gasteiger partial charge on any atom is 0.305 e. The minimum Gasteiger partial charge on any atom is -0.481 e. The van der Waals surface area contributed by atoms with E-state index in [4.69, 9.17) is 16.7 Å². The zero-order valence-electron chi connectivity index (χ0n) is 16.1. The van der Waals surface area contributed by atoms with Crippen molar-refractivity contribution < 1.29 is 23.7 Å². The summed E-state index contributed by atoms with van der Waals surface area (Å²) in [6, 6.07) is 15.6. The first kappa shape index (κ1) is 22.0. The van der Waals surface area contributed by atoms with Crippen LogP contribution in [-0.2, 0) is 31.8 Å². The van der Waals surface area contributed by atoms with Gasteiger partial charge in [-0.1, -0.05) is 41.9 Å². The Kier molecular flexibility index (Phi) is 7.23. The third-order valence-electron chi connectivity index (χ3n) is 4.80. The van der Waals surface area contributed by atoms with Crippen molar-refractivity contribution in [3.8, 4) is 0 Å². The topological polar surface area (TPSA) is 95.0 Å². The number of carboxylic acids is 1. The minimum atomic E-state index is -1.89. The second kappa shape index (κ2) is 9.86. The number of rotatable bonds is 7. The predicted octanol–water partition coefficient (Wildman–Crippen LogP) is 2.37. The first-order chi connectivity index (χ1) is 14.3. The SMILES string of the molecule is O=C(O)CCN1CC(Cc2ccccc2)C(=O)N(S(=O)c2ccc(Cl)cc2)CC1=O. The summed E-state index contributed by atoms with van der Waals surface area (Å²) >= 11 is 5.88. The molecule has 0 aromatic heterocycles. The maximum atomic E-state index is 13.3. The summed E-state index contributed by atoms with van der Waals surface area (Å²) < 4.78 is 14.2. The van der Waals surface area contributed by atoms with Crippen LogP contribution in [0, 0.1) is 5.92 Å². The van der Waals surface area contributed by atoms with Gasteiger partial charge < -0.3 is 10.0 Å². The normalized spacial score (nSPS) is 18.2. The Morgan fingerprint density at radius 2 is 1.77 bits per heavy atom. The van der Waals surface area contributed by atoms with E-state index in [9.17, 15) is 18.6 Å². The highest BCUT2D eigenvalue weighted by molar-refractivity contribution is 7.83. The van der Waals surface area contributed by atoms with E-state index in [1.807, 2.05) is 30.3 Å². The van der Waals surface area contributed by atoms with Crippen LogP contribution < -0.4 is 0 Å². The lowest BCUT2D eigenvalue weighted by Crippen LogP contribution is -2.39. The Labute approximate surface area is 181 Å². The van der Waals surface area contributed by atoms with Gasteiger partial charge in [0.05, 0.1) is 17.2 Å². The molecule has 1 fully saturated rings. The summed E-state index contributed by atoms with van der Waals surface area (Å²) in [6.07, 6.45) is 0.128. The van der Waals surface area contributed by atoms with Crippen molar-refractivity contribution in [2.24, 2.45) is 5.92 Å². The molecule has 158 valence electrons. The number of carbonyl (C=O) groups excluding carboxylic acids is 2. The molecule has 0 radical (unpaired) electrons. The van der Waals surface area contributed by atoms with Gasteiger partial charge in [0.2, 0.25) is 11.8 Å². The molecule has 1 saturated heterocycles. The molecule has 3 rings (SSSR count). The molecule has 0 aliphatic carbocycles. The lowest BCUT2D eigenvalue weighted by Gasteiger charge is -2.23. The van der Waals surface area contributed by atoms with E-state index in [0.717, 1.165) is 9.87 Å². The molecule has 0 saturated carbocycles. The molecule has 2 aromatic rings. The van der Waals surface area contributed by atoms with Crippen molar-refractivity contribution in [3.05, 3.63) is 65.2 Å². The van der Waals surface area contributed by atoms with Crippen LogP contribution in [0.5, 0.6) is 0 Å². The van der Waals surface area contributed by atoms with Gasteiger partial charge in [0.1, 0.15) is 6.54 Å². The van der Waals surface area contributed by atoms with E-state index >= 15 is 0 Å². The molecule has 1 heterocycles. The molecule has 1 N–H and O–H groups in total. The Morgan fingerprint density at radius 1 is 1.10 bits per heavy atom. The van der Waals surface area contributed by atoms with E-state index in [1.54, 1.807) is 24.3 Å². The van der Waals surface area contributed by atoms with Crippen LogP contribution in [0.3, 0.4) is 0 Å². The third-order valence-corrected chi connectivity index (χ3v) is 6.44. The molecule has 0 spiro atoms. The number of benzene rings is 2. The summed E-state index contributed by atoms with van der Waals surface area (Å²) in [5.74, 6) is -2.50. The average molecular weight is 449 g/mol. The number of halogens is 1. The van der Waals surface area contributed by atoms with Crippen molar-refractivity contribution in [3.63, 3.8) is 0 Å². The second-order valence-corrected chi connectivity index (χ2v) is 8.79. The maximum absolute atomic E-state index is 13.3. The molecule has 30 heavy (non-hydrogen) atoms.